The number of hydrogen-bond donors (Lipinski definition) is 0. The van der Waals surface area contributed by atoms with Crippen LogP contribution in [-0.2, 0) is 0 Å². The van der Waals surface area contributed by atoms with Crippen LogP contribution in [0.15, 0.2) is 24.3 Å². The highest BCUT2D eigenvalue weighted by molar-refractivity contribution is 5.29. The highest BCUT2D eigenvalue weighted by atomic mass is 19.4. The van der Waals surface area contributed by atoms with Gasteiger partial charge in [-0.3, -0.25) is 0 Å². The van der Waals surface area contributed by atoms with E-state index in [-0.39, 0.29) is 5.75 Å². The fraction of sp³-hybridized carbons (Fsp3) is 0.647. The predicted octanol–water partition coefficient (Wildman–Crippen LogP) is 6.09. The number of ether oxygens (including phenoxy) is 1. The minimum atomic E-state index is -4.29. The smallest absolute Gasteiger partial charge is 0.422 e. The zero-order valence-corrected chi connectivity index (χ0v) is 12.9. The van der Waals surface area contributed by atoms with Crippen LogP contribution in [0.1, 0.15) is 63.9 Å². The van der Waals surface area contributed by atoms with Gasteiger partial charge < -0.3 is 4.74 Å². The molecule has 0 saturated heterocycles. The number of halogens is 3. The summed E-state index contributed by atoms with van der Waals surface area (Å²) in [7, 11) is 0. The molecule has 0 fully saturated rings. The van der Waals surface area contributed by atoms with Crippen molar-refractivity contribution < 1.29 is 17.9 Å². The van der Waals surface area contributed by atoms with Gasteiger partial charge in [0.15, 0.2) is 6.61 Å². The first-order valence-electron chi connectivity index (χ1n) is 7.75. The largest absolute Gasteiger partial charge is 0.484 e. The van der Waals surface area contributed by atoms with Crippen LogP contribution in [0, 0.1) is 0 Å². The molecule has 1 unspecified atom stereocenters. The van der Waals surface area contributed by atoms with Gasteiger partial charge in [0, 0.05) is 0 Å². The molecule has 0 aromatic heterocycles. The van der Waals surface area contributed by atoms with Crippen LogP contribution in [0.4, 0.5) is 13.2 Å². The first-order chi connectivity index (χ1) is 9.96. The summed E-state index contributed by atoms with van der Waals surface area (Å²) in [5, 5.41) is 0. The quantitative estimate of drug-likeness (QED) is 0.501. The van der Waals surface area contributed by atoms with E-state index in [0.717, 1.165) is 12.8 Å². The summed E-state index contributed by atoms with van der Waals surface area (Å²) in [6.07, 6.45) is 2.85. The number of unbranched alkanes of at least 4 members (excludes halogenated alkanes) is 3. The molecule has 1 atom stereocenters. The Morgan fingerprint density at radius 3 is 2.19 bits per heavy atom. The lowest BCUT2D eigenvalue weighted by atomic mass is 9.91. The Hall–Kier alpha value is -1.19. The SMILES string of the molecule is CCCCCCC(CC)c1ccc(OCC(F)(F)F)cc1. The van der Waals surface area contributed by atoms with E-state index in [1.54, 1.807) is 12.1 Å². The van der Waals surface area contributed by atoms with Gasteiger partial charge in [0.05, 0.1) is 0 Å². The molecule has 1 nitrogen and oxygen atoms in total. The third-order valence-corrected chi connectivity index (χ3v) is 3.65. The maximum absolute atomic E-state index is 12.1. The average molecular weight is 302 g/mol. The van der Waals surface area contributed by atoms with E-state index < -0.39 is 12.8 Å². The van der Waals surface area contributed by atoms with Crippen molar-refractivity contribution in [1.29, 1.82) is 0 Å². The summed E-state index contributed by atoms with van der Waals surface area (Å²) < 4.78 is 41.0. The highest BCUT2D eigenvalue weighted by Crippen LogP contribution is 2.28. The van der Waals surface area contributed by atoms with Crippen molar-refractivity contribution in [3.05, 3.63) is 29.8 Å². The molecule has 0 aliphatic heterocycles. The highest BCUT2D eigenvalue weighted by Gasteiger charge is 2.28. The molecular formula is C17H25F3O. The Bertz CT molecular complexity index is 384. The minimum absolute atomic E-state index is 0.275. The van der Waals surface area contributed by atoms with Crippen molar-refractivity contribution in [3.8, 4) is 5.75 Å². The van der Waals surface area contributed by atoms with Gasteiger partial charge in [-0.2, -0.15) is 13.2 Å². The molecule has 0 radical (unpaired) electrons. The van der Waals surface area contributed by atoms with Crippen LogP contribution in [0.5, 0.6) is 5.75 Å². The van der Waals surface area contributed by atoms with Gasteiger partial charge >= 0.3 is 6.18 Å². The van der Waals surface area contributed by atoms with Gasteiger partial charge in [-0.25, -0.2) is 0 Å². The van der Waals surface area contributed by atoms with E-state index in [1.807, 2.05) is 12.1 Å². The third kappa shape index (κ3) is 7.39. The summed E-state index contributed by atoms with van der Waals surface area (Å²) >= 11 is 0. The summed E-state index contributed by atoms with van der Waals surface area (Å²) in [6.45, 7) is 3.11. The summed E-state index contributed by atoms with van der Waals surface area (Å²) in [6, 6.07) is 7.05. The van der Waals surface area contributed by atoms with Crippen LogP contribution in [0.25, 0.3) is 0 Å². The van der Waals surface area contributed by atoms with E-state index in [2.05, 4.69) is 13.8 Å². The van der Waals surface area contributed by atoms with Crippen LogP contribution in [0.3, 0.4) is 0 Å². The zero-order chi connectivity index (χ0) is 15.7. The van der Waals surface area contributed by atoms with Crippen LogP contribution < -0.4 is 4.74 Å². The molecule has 1 rings (SSSR count). The maximum Gasteiger partial charge on any atom is 0.422 e. The summed E-state index contributed by atoms with van der Waals surface area (Å²) in [5.41, 5.74) is 1.19. The summed E-state index contributed by atoms with van der Waals surface area (Å²) in [4.78, 5) is 0. The molecule has 1 aromatic carbocycles. The van der Waals surface area contributed by atoms with Crippen molar-refractivity contribution in [3.63, 3.8) is 0 Å². The monoisotopic (exact) mass is 302 g/mol. The van der Waals surface area contributed by atoms with Crippen LogP contribution in [-0.4, -0.2) is 12.8 Å². The molecule has 1 aromatic rings. The molecule has 0 aliphatic carbocycles. The molecule has 21 heavy (non-hydrogen) atoms. The van der Waals surface area contributed by atoms with E-state index in [0.29, 0.717) is 5.92 Å². The van der Waals surface area contributed by atoms with Gasteiger partial charge in [0.2, 0.25) is 0 Å². The lowest BCUT2D eigenvalue weighted by molar-refractivity contribution is -0.153. The van der Waals surface area contributed by atoms with Gasteiger partial charge in [-0.1, -0.05) is 51.7 Å². The lowest BCUT2D eigenvalue weighted by Crippen LogP contribution is -2.19. The number of hydrogen-bond acceptors (Lipinski definition) is 1. The molecule has 0 N–H and O–H groups in total. The lowest BCUT2D eigenvalue weighted by Gasteiger charge is -2.16. The van der Waals surface area contributed by atoms with E-state index in [9.17, 15) is 13.2 Å². The van der Waals surface area contributed by atoms with Crippen molar-refractivity contribution in [2.24, 2.45) is 0 Å². The van der Waals surface area contributed by atoms with E-state index in [1.165, 1.54) is 31.2 Å². The van der Waals surface area contributed by atoms with Crippen molar-refractivity contribution in [2.45, 2.75) is 64.5 Å². The van der Waals surface area contributed by atoms with Crippen LogP contribution >= 0.6 is 0 Å². The summed E-state index contributed by atoms with van der Waals surface area (Å²) in [5.74, 6) is 0.760. The molecule has 0 heterocycles. The topological polar surface area (TPSA) is 9.23 Å². The second-order valence-electron chi connectivity index (χ2n) is 5.43. The standard InChI is InChI=1S/C17H25F3O/c1-3-5-6-7-8-14(4-2)15-9-11-16(12-10-15)21-13-17(18,19)20/h9-12,14H,3-8,13H2,1-2H3. The Morgan fingerprint density at radius 2 is 1.67 bits per heavy atom. The number of alkyl halides is 3. The Balaban J connectivity index is 2.50. The second kappa shape index (κ2) is 8.96. The van der Waals surface area contributed by atoms with Crippen molar-refractivity contribution in [2.75, 3.05) is 6.61 Å². The molecule has 0 spiro atoms. The van der Waals surface area contributed by atoms with Gasteiger partial charge in [-0.05, 0) is 36.5 Å². The zero-order valence-electron chi connectivity index (χ0n) is 12.9. The second-order valence-corrected chi connectivity index (χ2v) is 5.43. The van der Waals surface area contributed by atoms with Gasteiger partial charge in [0.25, 0.3) is 0 Å². The van der Waals surface area contributed by atoms with Crippen molar-refractivity contribution >= 4 is 0 Å². The molecule has 4 heteroatoms. The number of rotatable bonds is 9. The fourth-order valence-corrected chi connectivity index (χ4v) is 2.43. The van der Waals surface area contributed by atoms with Crippen molar-refractivity contribution in [1.82, 2.24) is 0 Å². The molecule has 0 aliphatic rings. The molecule has 0 amide bonds. The minimum Gasteiger partial charge on any atom is -0.484 e. The Morgan fingerprint density at radius 1 is 1.00 bits per heavy atom. The molecule has 0 bridgehead atoms. The molecular weight excluding hydrogens is 277 g/mol. The number of benzene rings is 1. The maximum atomic E-state index is 12.1. The van der Waals surface area contributed by atoms with Crippen LogP contribution in [0.2, 0.25) is 0 Å². The van der Waals surface area contributed by atoms with Gasteiger partial charge in [0.1, 0.15) is 5.75 Å². The van der Waals surface area contributed by atoms with E-state index >= 15 is 0 Å². The van der Waals surface area contributed by atoms with E-state index in [4.69, 9.17) is 4.74 Å². The molecule has 0 saturated carbocycles. The normalized spacial score (nSPS) is 13.2. The first kappa shape index (κ1) is 17.9. The third-order valence-electron chi connectivity index (χ3n) is 3.65. The Labute approximate surface area is 125 Å². The fourth-order valence-electron chi connectivity index (χ4n) is 2.43. The molecule has 120 valence electrons. The average Bonchev–Trinajstić information content (AvgIpc) is 2.45. The van der Waals surface area contributed by atoms with Gasteiger partial charge in [-0.15, -0.1) is 0 Å². The predicted molar refractivity (Wildman–Crippen MR) is 79.8 cm³/mol. The Kier molecular flexibility index (Phi) is 7.62. The first-order valence-corrected chi connectivity index (χ1v) is 7.75.